The number of anilines is 1. The van der Waals surface area contributed by atoms with Crippen molar-refractivity contribution in [2.75, 3.05) is 5.43 Å². The van der Waals surface area contributed by atoms with Gasteiger partial charge in [0.2, 0.25) is 0 Å². The van der Waals surface area contributed by atoms with Gasteiger partial charge in [0.25, 0.3) is 23.6 Å². The van der Waals surface area contributed by atoms with E-state index in [0.29, 0.717) is 50.1 Å². The molecule has 3 heterocycles. The Morgan fingerprint density at radius 2 is 1.61 bits per heavy atom. The molecule has 2 saturated heterocycles. The topological polar surface area (TPSA) is 140 Å². The molecule has 0 spiro atoms. The Labute approximate surface area is 287 Å². The number of phenols is 1. The molecule has 6 atom stereocenters. The molecule has 49 heavy (non-hydrogen) atoms. The summed E-state index contributed by atoms with van der Waals surface area (Å²) in [6.45, 7) is 3.36. The molecule has 0 bridgehead atoms. The highest BCUT2D eigenvalue weighted by Crippen LogP contribution is 2.64. The number of aryl methyl sites for hydroxylation is 2. The number of benzene rings is 2. The van der Waals surface area contributed by atoms with Crippen molar-refractivity contribution in [3.63, 3.8) is 0 Å². The minimum atomic E-state index is -4.75. The Morgan fingerprint density at radius 3 is 2.22 bits per heavy atom. The number of phenolic OH excluding ortho intramolecular Hbond substituents is 1. The summed E-state index contributed by atoms with van der Waals surface area (Å²) in [5.41, 5.74) is 2.21. The zero-order valence-electron chi connectivity index (χ0n) is 25.8. The maximum atomic E-state index is 15.1. The minimum absolute atomic E-state index is 0.0264. The van der Waals surface area contributed by atoms with Crippen molar-refractivity contribution < 1.29 is 42.7 Å². The highest BCUT2D eigenvalue weighted by Gasteiger charge is 2.70. The molecular weight excluding hydrogens is 688 g/mol. The number of allylic oxidation sites excluding steroid dienone is 2. The fraction of sp³-hybridized carbons (Fsp3) is 0.324. The van der Waals surface area contributed by atoms with E-state index in [2.05, 4.69) is 10.4 Å². The number of aromatic nitrogens is 1. The monoisotopic (exact) mass is 714 g/mol. The Balaban J connectivity index is 1.46. The number of alkyl halides is 3. The standard InChI is InChI=1S/C34H27Cl2F3N4O6/c1-14-9-16(10-15(2)27(14)44)26-20-7-8-21-25(31(47)43(49)29(21)45)22(20)12-23-30(46)42(32(48)33(23,26)17-3-5-19(35)6-4-17)41-28-24(36)11-18(13-40-28)34(37,38)39/h3-7,9-11,13,21-23,25-26,44,49H,8,12H2,1-2H3,(H,40,41). The van der Waals surface area contributed by atoms with Gasteiger partial charge < -0.3 is 5.11 Å². The van der Waals surface area contributed by atoms with Crippen molar-refractivity contribution in [3.8, 4) is 5.75 Å². The van der Waals surface area contributed by atoms with Gasteiger partial charge >= 0.3 is 6.18 Å². The maximum Gasteiger partial charge on any atom is 0.417 e. The third-order valence-corrected chi connectivity index (χ3v) is 10.9. The fourth-order valence-electron chi connectivity index (χ4n) is 8.30. The second-order valence-corrected chi connectivity index (χ2v) is 13.8. The van der Waals surface area contributed by atoms with Crippen LogP contribution in [-0.4, -0.2) is 49.0 Å². The number of halogens is 5. The van der Waals surface area contributed by atoms with E-state index in [-0.39, 0.29) is 29.5 Å². The predicted molar refractivity (Wildman–Crippen MR) is 168 cm³/mol. The average molecular weight is 716 g/mol. The van der Waals surface area contributed by atoms with Gasteiger partial charge in [0, 0.05) is 17.1 Å². The smallest absolute Gasteiger partial charge is 0.417 e. The van der Waals surface area contributed by atoms with Crippen molar-refractivity contribution in [2.45, 2.75) is 44.2 Å². The Bertz CT molecular complexity index is 1980. The molecule has 1 saturated carbocycles. The number of nitrogens with one attached hydrogen (secondary N) is 1. The first-order valence-electron chi connectivity index (χ1n) is 15.3. The molecule has 15 heteroatoms. The number of aromatic hydroxyl groups is 1. The minimum Gasteiger partial charge on any atom is -0.507 e. The van der Waals surface area contributed by atoms with E-state index in [1.165, 1.54) is 0 Å². The first kappa shape index (κ1) is 33.1. The number of amides is 4. The number of hydrogen-bond donors (Lipinski definition) is 3. The summed E-state index contributed by atoms with van der Waals surface area (Å²) in [5.74, 6) is -8.26. The van der Waals surface area contributed by atoms with Crippen LogP contribution in [0.3, 0.4) is 0 Å². The molecule has 2 aliphatic carbocycles. The van der Waals surface area contributed by atoms with E-state index >= 15 is 4.79 Å². The molecule has 1 aromatic heterocycles. The molecule has 6 unspecified atom stereocenters. The van der Waals surface area contributed by atoms with Crippen LogP contribution in [0.1, 0.15) is 46.6 Å². The maximum absolute atomic E-state index is 15.1. The second-order valence-electron chi connectivity index (χ2n) is 12.9. The molecule has 0 radical (unpaired) electrons. The number of hydrazine groups is 1. The van der Waals surface area contributed by atoms with Gasteiger partial charge in [-0.15, -0.1) is 0 Å². The number of fused-ring (bicyclic) bond motifs is 4. The molecule has 3 N–H and O–H groups in total. The van der Waals surface area contributed by atoms with Crippen molar-refractivity contribution in [1.29, 1.82) is 0 Å². The van der Waals surface area contributed by atoms with Crippen LogP contribution in [0, 0.1) is 37.5 Å². The zero-order chi connectivity index (χ0) is 35.3. The summed E-state index contributed by atoms with van der Waals surface area (Å²) in [7, 11) is 0. The summed E-state index contributed by atoms with van der Waals surface area (Å²) in [6.07, 6.45) is -2.45. The third kappa shape index (κ3) is 4.77. The van der Waals surface area contributed by atoms with Gasteiger partial charge in [-0.3, -0.25) is 29.8 Å². The van der Waals surface area contributed by atoms with Crippen molar-refractivity contribution >= 4 is 52.6 Å². The van der Waals surface area contributed by atoms with Crippen molar-refractivity contribution in [1.82, 2.24) is 15.1 Å². The number of hydroxylamine groups is 2. The molecular formula is C34H27Cl2F3N4O6. The van der Waals surface area contributed by atoms with Crippen molar-refractivity contribution in [3.05, 3.63) is 98.2 Å². The number of carbonyl (C=O) groups is 4. The van der Waals surface area contributed by atoms with Gasteiger partial charge in [-0.25, -0.2) is 4.98 Å². The van der Waals surface area contributed by atoms with Gasteiger partial charge in [-0.05, 0) is 73.1 Å². The van der Waals surface area contributed by atoms with E-state index in [9.17, 15) is 37.9 Å². The number of hydrogen-bond acceptors (Lipinski definition) is 8. The largest absolute Gasteiger partial charge is 0.507 e. The highest BCUT2D eigenvalue weighted by molar-refractivity contribution is 6.33. The predicted octanol–water partition coefficient (Wildman–Crippen LogP) is 6.10. The number of rotatable bonds is 4. The molecule has 3 fully saturated rings. The molecule has 10 nitrogen and oxygen atoms in total. The lowest BCUT2D eigenvalue weighted by atomic mass is 9.49. The SMILES string of the molecule is Cc1cc(C2C3=CCC4C(=O)N(O)C(=O)C4C3CC3C(=O)N(Nc4ncc(C(F)(F)F)cc4Cl)C(=O)C32c2ccc(Cl)cc2)cc(C)c1O. The molecule has 2 aromatic carbocycles. The van der Waals surface area contributed by atoms with Crippen LogP contribution >= 0.6 is 23.2 Å². The van der Waals surface area contributed by atoms with E-state index < -0.39 is 75.4 Å². The van der Waals surface area contributed by atoms with Crippen molar-refractivity contribution in [2.24, 2.45) is 23.7 Å². The summed E-state index contributed by atoms with van der Waals surface area (Å²) in [4.78, 5) is 59.7. The molecule has 2 aliphatic heterocycles. The quantitative estimate of drug-likeness (QED) is 0.167. The summed E-state index contributed by atoms with van der Waals surface area (Å²) in [5, 5.41) is 21.7. The van der Waals surface area contributed by atoms with Crippen LogP contribution in [0.4, 0.5) is 19.0 Å². The van der Waals surface area contributed by atoms with E-state index in [1.807, 2.05) is 0 Å². The number of imide groups is 2. The summed E-state index contributed by atoms with van der Waals surface area (Å²) < 4.78 is 40.1. The lowest BCUT2D eigenvalue weighted by Gasteiger charge is -2.50. The van der Waals surface area contributed by atoms with Crippen LogP contribution in [-0.2, 0) is 30.8 Å². The number of nitrogens with zero attached hydrogens (tertiary/aromatic N) is 3. The Hall–Kier alpha value is -4.46. The van der Waals surface area contributed by atoms with Crippen LogP contribution < -0.4 is 5.43 Å². The van der Waals surface area contributed by atoms with Gasteiger partial charge in [-0.1, -0.05) is 59.1 Å². The lowest BCUT2D eigenvalue weighted by molar-refractivity contribution is -0.173. The first-order valence-corrected chi connectivity index (χ1v) is 16.0. The lowest BCUT2D eigenvalue weighted by Crippen LogP contribution is -2.53. The highest BCUT2D eigenvalue weighted by atomic mass is 35.5. The average Bonchev–Trinajstić information content (AvgIpc) is 3.40. The second kappa shape index (κ2) is 11.3. The third-order valence-electron chi connectivity index (χ3n) is 10.4. The van der Waals surface area contributed by atoms with Gasteiger partial charge in [0.1, 0.15) is 5.75 Å². The fourth-order valence-corrected chi connectivity index (χ4v) is 8.63. The van der Waals surface area contributed by atoms with E-state index in [4.69, 9.17) is 23.2 Å². The number of pyridine rings is 1. The first-order chi connectivity index (χ1) is 23.1. The van der Waals surface area contributed by atoms with E-state index in [1.54, 1.807) is 56.3 Å². The zero-order valence-corrected chi connectivity index (χ0v) is 27.3. The van der Waals surface area contributed by atoms with Gasteiger partial charge in [0.05, 0.1) is 33.8 Å². The normalized spacial score (nSPS) is 28.0. The molecule has 254 valence electrons. The Kier molecular flexibility index (Phi) is 7.62. The van der Waals surface area contributed by atoms with Crippen LogP contribution in [0.15, 0.2) is 60.3 Å². The molecule has 7 rings (SSSR count). The summed E-state index contributed by atoms with van der Waals surface area (Å²) in [6, 6.07) is 10.4. The van der Waals surface area contributed by atoms with Gasteiger partial charge in [-0.2, -0.15) is 23.2 Å². The molecule has 4 amide bonds. The number of carbonyl (C=O) groups excluding carboxylic acids is 4. The van der Waals surface area contributed by atoms with E-state index in [0.717, 1.165) is 0 Å². The van der Waals surface area contributed by atoms with Crippen LogP contribution in [0.5, 0.6) is 5.75 Å². The summed E-state index contributed by atoms with van der Waals surface area (Å²) >= 11 is 12.5. The van der Waals surface area contributed by atoms with Crippen LogP contribution in [0.25, 0.3) is 0 Å². The molecule has 4 aliphatic rings. The van der Waals surface area contributed by atoms with Gasteiger partial charge in [0.15, 0.2) is 5.82 Å². The Morgan fingerprint density at radius 1 is 0.959 bits per heavy atom. The van der Waals surface area contributed by atoms with Crippen LogP contribution in [0.2, 0.25) is 10.0 Å². The molecule has 3 aromatic rings.